The summed E-state index contributed by atoms with van der Waals surface area (Å²) in [4.78, 5) is 27.3. The molecule has 0 spiro atoms. The molecule has 1 fully saturated rings. The lowest BCUT2D eigenvalue weighted by Crippen LogP contribution is -2.35. The maximum atomic E-state index is 12.8. The molecule has 39 heavy (non-hydrogen) atoms. The second-order valence-electron chi connectivity index (χ2n) is 10.8. The first kappa shape index (κ1) is 28.8. The number of nitrogens with zero attached hydrogens (tertiary/aromatic N) is 3. The Balaban J connectivity index is 1.20. The third-order valence-electron chi connectivity index (χ3n) is 7.54. The zero-order valence-corrected chi connectivity index (χ0v) is 23.5. The minimum atomic E-state index is -0.139. The van der Waals surface area contributed by atoms with E-state index in [9.17, 15) is 9.59 Å². The van der Waals surface area contributed by atoms with Gasteiger partial charge in [-0.05, 0) is 73.1 Å². The van der Waals surface area contributed by atoms with Crippen LogP contribution >= 0.6 is 0 Å². The molecule has 7 heteroatoms. The molecule has 210 valence electrons. The Morgan fingerprint density at radius 2 is 1.69 bits per heavy atom. The highest BCUT2D eigenvalue weighted by Gasteiger charge is 2.20. The van der Waals surface area contributed by atoms with Crippen molar-refractivity contribution in [2.24, 2.45) is 5.10 Å². The quantitative estimate of drug-likeness (QED) is 0.194. The number of amides is 1. The summed E-state index contributed by atoms with van der Waals surface area (Å²) in [5.41, 5.74) is 4.81. The molecular weight excluding hydrogens is 488 g/mol. The van der Waals surface area contributed by atoms with Crippen LogP contribution in [0.4, 0.5) is 5.69 Å². The molecule has 0 saturated carbocycles. The molecule has 7 nitrogen and oxygen atoms in total. The van der Waals surface area contributed by atoms with Gasteiger partial charge in [-0.25, -0.2) is 0 Å². The van der Waals surface area contributed by atoms with Gasteiger partial charge in [0.15, 0.2) is 0 Å². The highest BCUT2D eigenvalue weighted by Crippen LogP contribution is 2.23. The van der Waals surface area contributed by atoms with Crippen LogP contribution < -0.4 is 5.32 Å². The first-order chi connectivity index (χ1) is 19.1. The number of hydrogen-bond acceptors (Lipinski definition) is 6. The van der Waals surface area contributed by atoms with Crippen LogP contribution in [0.5, 0.6) is 0 Å². The minimum Gasteiger partial charge on any atom is -0.465 e. The summed E-state index contributed by atoms with van der Waals surface area (Å²) in [6, 6.07) is 13.6. The molecule has 2 aromatic rings. The molecule has 0 aliphatic carbocycles. The summed E-state index contributed by atoms with van der Waals surface area (Å²) >= 11 is 0. The van der Waals surface area contributed by atoms with Crippen molar-refractivity contribution in [1.82, 2.24) is 9.91 Å². The minimum absolute atomic E-state index is 0.125. The van der Waals surface area contributed by atoms with Gasteiger partial charge in [0.05, 0.1) is 19.4 Å². The van der Waals surface area contributed by atoms with Crippen LogP contribution in [0.15, 0.2) is 47.6 Å². The zero-order chi connectivity index (χ0) is 27.3. The van der Waals surface area contributed by atoms with Gasteiger partial charge in [-0.2, -0.15) is 5.10 Å². The second kappa shape index (κ2) is 15.4. The molecule has 1 saturated heterocycles. The number of unbranched alkanes of at least 4 members (excludes halogenated alkanes) is 5. The largest absolute Gasteiger partial charge is 0.465 e. The highest BCUT2D eigenvalue weighted by atomic mass is 16.5. The summed E-state index contributed by atoms with van der Waals surface area (Å²) in [5, 5.41) is 9.71. The van der Waals surface area contributed by atoms with Gasteiger partial charge in [0.1, 0.15) is 0 Å². The van der Waals surface area contributed by atoms with E-state index >= 15 is 0 Å². The van der Waals surface area contributed by atoms with E-state index in [0.29, 0.717) is 18.7 Å². The van der Waals surface area contributed by atoms with Crippen LogP contribution in [0, 0.1) is 0 Å². The Hall–Kier alpha value is -3.19. The average Bonchev–Trinajstić information content (AvgIpc) is 2.96. The Kier molecular flexibility index (Phi) is 11.4. The van der Waals surface area contributed by atoms with E-state index in [0.717, 1.165) is 56.7 Å². The molecule has 0 atom stereocenters. The van der Waals surface area contributed by atoms with E-state index in [4.69, 9.17) is 4.74 Å². The fourth-order valence-electron chi connectivity index (χ4n) is 5.19. The molecule has 1 N–H and O–H groups in total. The van der Waals surface area contributed by atoms with Crippen LogP contribution in [0.25, 0.3) is 0 Å². The van der Waals surface area contributed by atoms with Gasteiger partial charge >= 0.3 is 5.97 Å². The van der Waals surface area contributed by atoms with Crippen LogP contribution in [-0.2, 0) is 22.5 Å². The van der Waals surface area contributed by atoms with Gasteiger partial charge in [-0.3, -0.25) is 19.5 Å². The summed E-state index contributed by atoms with van der Waals surface area (Å²) < 4.78 is 5.46. The summed E-state index contributed by atoms with van der Waals surface area (Å²) in [7, 11) is 0. The lowest BCUT2D eigenvalue weighted by molar-refractivity contribution is -0.145. The van der Waals surface area contributed by atoms with Crippen molar-refractivity contribution < 1.29 is 14.3 Å². The normalized spacial score (nSPS) is 15.8. The number of hydrogen-bond donors (Lipinski definition) is 1. The van der Waals surface area contributed by atoms with Gasteiger partial charge in [0.25, 0.3) is 5.91 Å². The molecule has 0 bridgehead atoms. The molecule has 2 heterocycles. The van der Waals surface area contributed by atoms with Gasteiger partial charge in [0, 0.05) is 37.4 Å². The maximum absolute atomic E-state index is 12.8. The Morgan fingerprint density at radius 3 is 2.49 bits per heavy atom. The number of esters is 1. The van der Waals surface area contributed by atoms with E-state index in [-0.39, 0.29) is 11.9 Å². The topological polar surface area (TPSA) is 74.2 Å². The monoisotopic (exact) mass is 532 g/mol. The number of rotatable bonds is 13. The molecule has 0 aromatic heterocycles. The maximum Gasteiger partial charge on any atom is 0.320 e. The first-order valence-electron chi connectivity index (χ1n) is 14.8. The van der Waals surface area contributed by atoms with Crippen molar-refractivity contribution in [1.29, 1.82) is 0 Å². The number of fused-ring (bicyclic) bond motifs is 1. The standard InChI is InChI=1S/C32H44N4O3/c1-2-3-4-5-6-10-21-39-31(37)25-35-20-17-28-22-30(16-15-29(28)24-35)34-32(38)27-13-11-26(12-14-27)23-33-36-18-8-7-9-19-36/h11-16,22-23H,2-10,17-21,24-25H2,1H3,(H,34,38). The van der Waals surface area contributed by atoms with E-state index in [1.54, 1.807) is 0 Å². The van der Waals surface area contributed by atoms with E-state index in [1.807, 2.05) is 36.5 Å². The van der Waals surface area contributed by atoms with Crippen molar-refractivity contribution in [3.8, 4) is 0 Å². The summed E-state index contributed by atoms with van der Waals surface area (Å²) in [6.07, 6.45) is 13.5. The SMILES string of the molecule is CCCCCCCCOC(=O)CN1CCc2cc(NC(=O)c3ccc(C=NN4CCCCC4)cc3)ccc2C1. The van der Waals surface area contributed by atoms with Crippen LogP contribution in [-0.4, -0.2) is 60.8 Å². The van der Waals surface area contributed by atoms with Crippen molar-refractivity contribution in [2.45, 2.75) is 77.7 Å². The summed E-state index contributed by atoms with van der Waals surface area (Å²) in [5.74, 6) is -0.264. The molecular formula is C32H44N4O3. The lowest BCUT2D eigenvalue weighted by atomic mass is 9.99. The van der Waals surface area contributed by atoms with Gasteiger partial charge in [-0.1, -0.05) is 57.2 Å². The average molecular weight is 533 g/mol. The number of anilines is 1. The molecule has 0 radical (unpaired) electrons. The third kappa shape index (κ3) is 9.50. The van der Waals surface area contributed by atoms with Crippen LogP contribution in [0.3, 0.4) is 0 Å². The van der Waals surface area contributed by atoms with Crippen molar-refractivity contribution in [3.05, 3.63) is 64.7 Å². The lowest BCUT2D eigenvalue weighted by Gasteiger charge is -2.28. The molecule has 2 aromatic carbocycles. The number of benzene rings is 2. The molecule has 1 amide bonds. The third-order valence-corrected chi connectivity index (χ3v) is 7.54. The Morgan fingerprint density at radius 1 is 0.923 bits per heavy atom. The van der Waals surface area contributed by atoms with Crippen LogP contribution in [0.1, 0.15) is 91.8 Å². The van der Waals surface area contributed by atoms with E-state index < -0.39 is 0 Å². The van der Waals surface area contributed by atoms with Crippen molar-refractivity contribution >= 4 is 23.8 Å². The number of nitrogens with one attached hydrogen (secondary N) is 1. The van der Waals surface area contributed by atoms with Crippen molar-refractivity contribution in [3.63, 3.8) is 0 Å². The van der Waals surface area contributed by atoms with Gasteiger partial charge < -0.3 is 10.1 Å². The Labute approximate surface area is 233 Å². The molecule has 0 unspecified atom stereocenters. The van der Waals surface area contributed by atoms with Crippen molar-refractivity contribution in [2.75, 3.05) is 38.1 Å². The Bertz CT molecular complexity index is 1090. The molecule has 4 rings (SSSR count). The van der Waals surface area contributed by atoms with E-state index in [1.165, 1.54) is 56.1 Å². The van der Waals surface area contributed by atoms with E-state index in [2.05, 4.69) is 39.4 Å². The predicted octanol–water partition coefficient (Wildman–Crippen LogP) is 6.02. The first-order valence-corrected chi connectivity index (χ1v) is 14.8. The van der Waals surface area contributed by atoms with Crippen LogP contribution in [0.2, 0.25) is 0 Å². The van der Waals surface area contributed by atoms with Gasteiger partial charge in [0.2, 0.25) is 0 Å². The molecule has 2 aliphatic heterocycles. The zero-order valence-electron chi connectivity index (χ0n) is 23.5. The summed E-state index contributed by atoms with van der Waals surface area (Å²) in [6.45, 7) is 6.61. The number of hydrazone groups is 1. The smallest absolute Gasteiger partial charge is 0.320 e. The fourth-order valence-corrected chi connectivity index (χ4v) is 5.19. The number of carbonyl (C=O) groups excluding carboxylic acids is 2. The second-order valence-corrected chi connectivity index (χ2v) is 10.8. The number of carbonyl (C=O) groups is 2. The predicted molar refractivity (Wildman–Crippen MR) is 157 cm³/mol. The number of ether oxygens (including phenoxy) is 1. The fraction of sp³-hybridized carbons (Fsp3) is 0.531. The van der Waals surface area contributed by atoms with Gasteiger partial charge in [-0.15, -0.1) is 0 Å². The molecule has 2 aliphatic rings. The number of piperidine rings is 1. The highest BCUT2D eigenvalue weighted by molar-refractivity contribution is 6.04.